The van der Waals surface area contributed by atoms with E-state index in [2.05, 4.69) is 0 Å². The first-order valence-electron chi connectivity index (χ1n) is 3.33. The Morgan fingerprint density at radius 1 is 1.55 bits per heavy atom. The summed E-state index contributed by atoms with van der Waals surface area (Å²) in [5.41, 5.74) is -0.869. The highest BCUT2D eigenvalue weighted by Crippen LogP contribution is 2.09. The third-order valence-electron chi connectivity index (χ3n) is 1.31. The molecule has 0 aromatic heterocycles. The number of rotatable bonds is 4. The summed E-state index contributed by atoms with van der Waals surface area (Å²) in [5, 5.41) is 0. The van der Waals surface area contributed by atoms with Crippen molar-refractivity contribution in [2.45, 2.75) is 19.4 Å². The summed E-state index contributed by atoms with van der Waals surface area (Å²) < 4.78 is 9.63. The molecule has 0 aromatic carbocycles. The highest BCUT2D eigenvalue weighted by molar-refractivity contribution is 6.18. The summed E-state index contributed by atoms with van der Waals surface area (Å²) in [6.45, 7) is 3.51. The van der Waals surface area contributed by atoms with Crippen LogP contribution in [-0.2, 0) is 14.3 Å². The van der Waals surface area contributed by atoms with Crippen molar-refractivity contribution < 1.29 is 14.3 Å². The molecule has 0 saturated heterocycles. The van der Waals surface area contributed by atoms with Crippen molar-refractivity contribution in [1.29, 1.82) is 0 Å². The molecule has 0 radical (unpaired) electrons. The first-order chi connectivity index (χ1) is 5.04. The Hall–Kier alpha value is -0.280. The van der Waals surface area contributed by atoms with Gasteiger partial charge in [-0.1, -0.05) is 0 Å². The maximum Gasteiger partial charge on any atom is 0.337 e. The van der Waals surface area contributed by atoms with Crippen LogP contribution in [0, 0.1) is 0 Å². The van der Waals surface area contributed by atoms with Crippen molar-refractivity contribution >= 4 is 17.6 Å². The summed E-state index contributed by atoms with van der Waals surface area (Å²) in [6.07, 6.45) is 0. The molecule has 0 spiro atoms. The standard InChI is InChI=1S/C7H13ClO3/c1-7(2,10-3)6(9)11-5-4-8/h4-5H2,1-3H3. The van der Waals surface area contributed by atoms with E-state index < -0.39 is 5.60 Å². The molecule has 0 N–H and O–H groups in total. The van der Waals surface area contributed by atoms with Crippen molar-refractivity contribution in [2.24, 2.45) is 0 Å². The van der Waals surface area contributed by atoms with Gasteiger partial charge in [-0.15, -0.1) is 11.6 Å². The van der Waals surface area contributed by atoms with E-state index in [1.807, 2.05) is 0 Å². The number of hydrogen-bond donors (Lipinski definition) is 0. The Morgan fingerprint density at radius 2 is 2.09 bits per heavy atom. The van der Waals surface area contributed by atoms with Crippen molar-refractivity contribution in [3.63, 3.8) is 0 Å². The fraction of sp³-hybridized carbons (Fsp3) is 0.857. The first kappa shape index (κ1) is 10.7. The van der Waals surface area contributed by atoms with Crippen LogP contribution in [0.15, 0.2) is 0 Å². The lowest BCUT2D eigenvalue weighted by molar-refractivity contribution is -0.164. The highest BCUT2D eigenvalue weighted by atomic mass is 35.5. The van der Waals surface area contributed by atoms with Crippen LogP contribution in [0.4, 0.5) is 0 Å². The summed E-state index contributed by atoms with van der Waals surface area (Å²) >= 11 is 5.32. The molecule has 0 amide bonds. The van der Waals surface area contributed by atoms with E-state index in [0.717, 1.165) is 0 Å². The normalized spacial score (nSPS) is 11.3. The number of carbonyl (C=O) groups excluding carboxylic acids is 1. The molecule has 0 aliphatic rings. The van der Waals surface area contributed by atoms with Crippen molar-refractivity contribution in [3.8, 4) is 0 Å². The van der Waals surface area contributed by atoms with E-state index in [1.54, 1.807) is 13.8 Å². The lowest BCUT2D eigenvalue weighted by Gasteiger charge is -2.19. The van der Waals surface area contributed by atoms with Gasteiger partial charge in [0.15, 0.2) is 5.60 Å². The summed E-state index contributed by atoms with van der Waals surface area (Å²) in [5.74, 6) is -0.0772. The topological polar surface area (TPSA) is 35.5 Å². The molecule has 0 unspecified atom stereocenters. The molecule has 0 aliphatic heterocycles. The monoisotopic (exact) mass is 180 g/mol. The van der Waals surface area contributed by atoms with Gasteiger partial charge in [-0.2, -0.15) is 0 Å². The number of alkyl halides is 1. The average molecular weight is 181 g/mol. The molecule has 0 bridgehead atoms. The second kappa shape index (κ2) is 4.57. The molecule has 0 fully saturated rings. The number of halogens is 1. The zero-order valence-electron chi connectivity index (χ0n) is 7.02. The third-order valence-corrected chi connectivity index (χ3v) is 1.47. The van der Waals surface area contributed by atoms with Gasteiger partial charge in [-0.25, -0.2) is 4.79 Å². The van der Waals surface area contributed by atoms with E-state index in [0.29, 0.717) is 5.88 Å². The maximum atomic E-state index is 11.0. The molecule has 4 heteroatoms. The molecule has 0 rings (SSSR count). The Bertz CT molecular complexity index is 134. The number of methoxy groups -OCH3 is 1. The lowest BCUT2D eigenvalue weighted by Crippen LogP contribution is -2.35. The van der Waals surface area contributed by atoms with Crippen molar-refractivity contribution in [3.05, 3.63) is 0 Å². The SMILES string of the molecule is COC(C)(C)C(=O)OCCCl. The van der Waals surface area contributed by atoms with Crippen LogP contribution >= 0.6 is 11.6 Å². The molecule has 66 valence electrons. The van der Waals surface area contributed by atoms with Crippen LogP contribution < -0.4 is 0 Å². The van der Waals surface area contributed by atoms with Gasteiger partial charge in [-0.05, 0) is 13.8 Å². The number of esters is 1. The molecule has 11 heavy (non-hydrogen) atoms. The second-order valence-corrected chi connectivity index (χ2v) is 2.92. The van der Waals surface area contributed by atoms with Gasteiger partial charge in [0.2, 0.25) is 0 Å². The fourth-order valence-corrected chi connectivity index (χ4v) is 0.466. The van der Waals surface area contributed by atoms with E-state index >= 15 is 0 Å². The van der Waals surface area contributed by atoms with Gasteiger partial charge >= 0.3 is 5.97 Å². The van der Waals surface area contributed by atoms with Gasteiger partial charge in [-0.3, -0.25) is 0 Å². The zero-order valence-corrected chi connectivity index (χ0v) is 7.77. The minimum atomic E-state index is -0.869. The van der Waals surface area contributed by atoms with Gasteiger partial charge in [0.1, 0.15) is 6.61 Å². The zero-order chi connectivity index (χ0) is 8.91. The van der Waals surface area contributed by atoms with Gasteiger partial charge in [0.05, 0.1) is 5.88 Å². The van der Waals surface area contributed by atoms with E-state index in [9.17, 15) is 4.79 Å². The largest absolute Gasteiger partial charge is 0.462 e. The minimum Gasteiger partial charge on any atom is -0.462 e. The van der Waals surface area contributed by atoms with Crippen LogP contribution in [0.1, 0.15) is 13.8 Å². The fourth-order valence-electron chi connectivity index (χ4n) is 0.388. The smallest absolute Gasteiger partial charge is 0.337 e. The predicted octanol–water partition coefficient (Wildman–Crippen LogP) is 1.19. The number of carbonyl (C=O) groups is 1. The summed E-state index contributed by atoms with van der Waals surface area (Å²) in [4.78, 5) is 11.0. The van der Waals surface area contributed by atoms with E-state index in [1.165, 1.54) is 7.11 Å². The third kappa shape index (κ3) is 3.58. The highest BCUT2D eigenvalue weighted by Gasteiger charge is 2.28. The molecule has 0 aliphatic carbocycles. The molecule has 0 aromatic rings. The minimum absolute atomic E-state index is 0.229. The van der Waals surface area contributed by atoms with Gasteiger partial charge < -0.3 is 9.47 Å². The average Bonchev–Trinajstić information content (AvgIpc) is 2.00. The second-order valence-electron chi connectivity index (χ2n) is 2.54. The molecular weight excluding hydrogens is 168 g/mol. The van der Waals surface area contributed by atoms with Crippen molar-refractivity contribution in [2.75, 3.05) is 19.6 Å². The maximum absolute atomic E-state index is 11.0. The van der Waals surface area contributed by atoms with E-state index in [-0.39, 0.29) is 12.6 Å². The molecular formula is C7H13ClO3. The summed E-state index contributed by atoms with van der Waals surface area (Å²) in [6, 6.07) is 0. The van der Waals surface area contributed by atoms with E-state index in [4.69, 9.17) is 21.1 Å². The Kier molecular flexibility index (Phi) is 4.45. The Morgan fingerprint density at radius 3 is 2.45 bits per heavy atom. The lowest BCUT2D eigenvalue weighted by atomic mass is 10.1. The molecule has 0 atom stereocenters. The summed E-state index contributed by atoms with van der Waals surface area (Å²) in [7, 11) is 1.46. The predicted molar refractivity (Wildman–Crippen MR) is 42.8 cm³/mol. The molecule has 0 heterocycles. The number of ether oxygens (including phenoxy) is 2. The molecule has 3 nitrogen and oxygen atoms in total. The quantitative estimate of drug-likeness (QED) is 0.482. The van der Waals surface area contributed by atoms with Gasteiger partial charge in [0, 0.05) is 7.11 Å². The van der Waals surface area contributed by atoms with Crippen LogP contribution in [0.5, 0.6) is 0 Å². The van der Waals surface area contributed by atoms with Gasteiger partial charge in [0.25, 0.3) is 0 Å². The van der Waals surface area contributed by atoms with Crippen LogP contribution in [0.25, 0.3) is 0 Å². The Labute approximate surface area is 71.6 Å². The Balaban J connectivity index is 3.82. The van der Waals surface area contributed by atoms with Crippen LogP contribution in [-0.4, -0.2) is 31.2 Å². The van der Waals surface area contributed by atoms with Crippen LogP contribution in [0.2, 0.25) is 0 Å². The van der Waals surface area contributed by atoms with Crippen LogP contribution in [0.3, 0.4) is 0 Å². The molecule has 0 saturated carbocycles. The number of hydrogen-bond acceptors (Lipinski definition) is 3. The van der Waals surface area contributed by atoms with Crippen molar-refractivity contribution in [1.82, 2.24) is 0 Å². The first-order valence-corrected chi connectivity index (χ1v) is 3.86.